The van der Waals surface area contributed by atoms with E-state index < -0.39 is 0 Å². The van der Waals surface area contributed by atoms with E-state index in [1.54, 1.807) is 7.11 Å². The van der Waals surface area contributed by atoms with Crippen LogP contribution in [0.15, 0.2) is 29.3 Å². The minimum absolute atomic E-state index is 0. The number of methoxy groups -OCH3 is 1. The molecule has 1 aromatic rings. The Morgan fingerprint density at radius 2 is 2.04 bits per heavy atom. The molecule has 1 fully saturated rings. The summed E-state index contributed by atoms with van der Waals surface area (Å²) >= 11 is 0. The second kappa shape index (κ2) is 14.0. The van der Waals surface area contributed by atoms with Crippen molar-refractivity contribution in [3.05, 3.63) is 29.8 Å². The van der Waals surface area contributed by atoms with Gasteiger partial charge in [0.05, 0.1) is 13.7 Å². The molecule has 2 rings (SSSR count). The molecule has 5 nitrogen and oxygen atoms in total. The lowest BCUT2D eigenvalue weighted by molar-refractivity contribution is 0.158. The van der Waals surface area contributed by atoms with Crippen LogP contribution in [0.3, 0.4) is 0 Å². The number of guanidine groups is 1. The van der Waals surface area contributed by atoms with Crippen molar-refractivity contribution in [2.24, 2.45) is 4.99 Å². The summed E-state index contributed by atoms with van der Waals surface area (Å²) in [4.78, 5) is 7.34. The SMILES string of the molecule is CCNC(=NCc1ccccc1OC)NCCCCN1CCCCC1C.I. The molecule has 1 aliphatic rings. The predicted molar refractivity (Wildman–Crippen MR) is 125 cm³/mol. The number of piperidine rings is 1. The Kier molecular flexibility index (Phi) is 12.5. The number of para-hydroxylation sites is 1. The summed E-state index contributed by atoms with van der Waals surface area (Å²) in [6.07, 6.45) is 6.53. The second-order valence-corrected chi connectivity index (χ2v) is 7.02. The Hall–Kier alpha value is -1.02. The van der Waals surface area contributed by atoms with Gasteiger partial charge in [-0.05, 0) is 58.7 Å². The Morgan fingerprint density at radius 1 is 1.22 bits per heavy atom. The highest BCUT2D eigenvalue weighted by Gasteiger charge is 2.16. The third kappa shape index (κ3) is 8.68. The van der Waals surface area contributed by atoms with E-state index in [1.165, 1.54) is 45.2 Å². The molecular formula is C21H37IN4O. The number of hydrogen-bond donors (Lipinski definition) is 2. The quantitative estimate of drug-likeness (QED) is 0.239. The van der Waals surface area contributed by atoms with E-state index in [4.69, 9.17) is 9.73 Å². The van der Waals surface area contributed by atoms with Crippen LogP contribution in [0, 0.1) is 0 Å². The zero-order valence-corrected chi connectivity index (χ0v) is 19.5. The van der Waals surface area contributed by atoms with E-state index >= 15 is 0 Å². The maximum Gasteiger partial charge on any atom is 0.191 e. The minimum atomic E-state index is 0. The largest absolute Gasteiger partial charge is 0.496 e. The number of nitrogens with one attached hydrogen (secondary N) is 2. The van der Waals surface area contributed by atoms with Crippen LogP contribution in [-0.2, 0) is 6.54 Å². The topological polar surface area (TPSA) is 48.9 Å². The average molecular weight is 488 g/mol. The molecule has 0 radical (unpaired) electrons. The van der Waals surface area contributed by atoms with Gasteiger partial charge >= 0.3 is 0 Å². The number of nitrogens with zero attached hydrogens (tertiary/aromatic N) is 2. The molecule has 0 bridgehead atoms. The highest BCUT2D eigenvalue weighted by molar-refractivity contribution is 14.0. The maximum atomic E-state index is 5.40. The first-order valence-electron chi connectivity index (χ1n) is 10.1. The Balaban J connectivity index is 0.00000364. The number of unbranched alkanes of at least 4 members (excludes halogenated alkanes) is 1. The number of likely N-dealkylation sites (tertiary alicyclic amines) is 1. The van der Waals surface area contributed by atoms with Gasteiger partial charge in [-0.2, -0.15) is 0 Å². The molecular weight excluding hydrogens is 451 g/mol. The molecule has 6 heteroatoms. The molecule has 0 saturated carbocycles. The number of hydrogen-bond acceptors (Lipinski definition) is 3. The zero-order chi connectivity index (χ0) is 18.6. The van der Waals surface area contributed by atoms with E-state index in [9.17, 15) is 0 Å². The average Bonchev–Trinajstić information content (AvgIpc) is 2.67. The highest BCUT2D eigenvalue weighted by Crippen LogP contribution is 2.18. The van der Waals surface area contributed by atoms with Crippen LogP contribution in [0.25, 0.3) is 0 Å². The molecule has 0 amide bonds. The lowest BCUT2D eigenvalue weighted by Gasteiger charge is -2.33. The van der Waals surface area contributed by atoms with Gasteiger partial charge in [-0.3, -0.25) is 0 Å². The third-order valence-electron chi connectivity index (χ3n) is 5.05. The van der Waals surface area contributed by atoms with Crippen molar-refractivity contribution in [3.8, 4) is 5.75 Å². The summed E-state index contributed by atoms with van der Waals surface area (Å²) in [5.41, 5.74) is 1.10. The number of benzene rings is 1. The molecule has 0 aromatic heterocycles. The molecule has 27 heavy (non-hydrogen) atoms. The van der Waals surface area contributed by atoms with Gasteiger partial charge in [-0.15, -0.1) is 24.0 Å². The third-order valence-corrected chi connectivity index (χ3v) is 5.05. The normalized spacial score (nSPS) is 17.9. The highest BCUT2D eigenvalue weighted by atomic mass is 127. The first kappa shape index (κ1) is 24.0. The molecule has 0 aliphatic carbocycles. The number of ether oxygens (including phenoxy) is 1. The monoisotopic (exact) mass is 488 g/mol. The summed E-state index contributed by atoms with van der Waals surface area (Å²) in [5.74, 6) is 1.77. The van der Waals surface area contributed by atoms with E-state index in [0.717, 1.165) is 36.4 Å². The van der Waals surface area contributed by atoms with Crippen molar-refractivity contribution < 1.29 is 4.74 Å². The fraction of sp³-hybridized carbons (Fsp3) is 0.667. The molecule has 1 aliphatic heterocycles. The van der Waals surface area contributed by atoms with Crippen molar-refractivity contribution >= 4 is 29.9 Å². The first-order chi connectivity index (χ1) is 12.7. The molecule has 154 valence electrons. The Morgan fingerprint density at radius 3 is 2.78 bits per heavy atom. The fourth-order valence-corrected chi connectivity index (χ4v) is 3.48. The van der Waals surface area contributed by atoms with Crippen LogP contribution < -0.4 is 15.4 Å². The molecule has 1 aromatic carbocycles. The van der Waals surface area contributed by atoms with E-state index in [1.807, 2.05) is 18.2 Å². The Bertz CT molecular complexity index is 553. The summed E-state index contributed by atoms with van der Waals surface area (Å²) < 4.78 is 5.40. The van der Waals surface area contributed by atoms with Crippen LogP contribution in [-0.4, -0.2) is 50.2 Å². The van der Waals surface area contributed by atoms with Gasteiger partial charge in [0.25, 0.3) is 0 Å². The molecule has 0 spiro atoms. The number of aliphatic imine (C=N–C) groups is 1. The van der Waals surface area contributed by atoms with E-state index in [2.05, 4.69) is 35.4 Å². The molecule has 2 N–H and O–H groups in total. The van der Waals surface area contributed by atoms with Gasteiger partial charge in [-0.25, -0.2) is 4.99 Å². The second-order valence-electron chi connectivity index (χ2n) is 7.02. The lowest BCUT2D eigenvalue weighted by atomic mass is 10.0. The lowest BCUT2D eigenvalue weighted by Crippen LogP contribution is -2.39. The zero-order valence-electron chi connectivity index (χ0n) is 17.2. The fourth-order valence-electron chi connectivity index (χ4n) is 3.48. The van der Waals surface area contributed by atoms with Gasteiger partial charge < -0.3 is 20.3 Å². The standard InChI is InChI=1S/C21H36N4O.HI/c1-4-22-21(24-17-19-12-5-6-13-20(19)26-3)23-14-8-10-16-25-15-9-7-11-18(25)2;/h5-6,12-13,18H,4,7-11,14-17H2,1-3H3,(H2,22,23,24);1H. The molecule has 1 unspecified atom stereocenters. The van der Waals surface area contributed by atoms with E-state index in [0.29, 0.717) is 6.54 Å². The molecule has 1 saturated heterocycles. The van der Waals surface area contributed by atoms with Crippen molar-refractivity contribution in [1.29, 1.82) is 0 Å². The van der Waals surface area contributed by atoms with Crippen LogP contribution in [0.4, 0.5) is 0 Å². The van der Waals surface area contributed by atoms with Gasteiger partial charge in [0.2, 0.25) is 0 Å². The maximum absolute atomic E-state index is 5.40. The summed E-state index contributed by atoms with van der Waals surface area (Å²) in [7, 11) is 1.70. The Labute approximate surface area is 182 Å². The number of rotatable bonds is 9. The van der Waals surface area contributed by atoms with Gasteiger partial charge in [0.15, 0.2) is 5.96 Å². The van der Waals surface area contributed by atoms with Crippen LogP contribution in [0.5, 0.6) is 5.75 Å². The van der Waals surface area contributed by atoms with Crippen molar-refractivity contribution in [3.63, 3.8) is 0 Å². The van der Waals surface area contributed by atoms with Crippen molar-refractivity contribution in [2.75, 3.05) is 33.3 Å². The number of halogens is 1. The smallest absolute Gasteiger partial charge is 0.191 e. The predicted octanol–water partition coefficient (Wildman–Crippen LogP) is 4.02. The minimum Gasteiger partial charge on any atom is -0.496 e. The van der Waals surface area contributed by atoms with Crippen molar-refractivity contribution in [2.45, 2.75) is 58.5 Å². The van der Waals surface area contributed by atoms with Crippen LogP contribution in [0.1, 0.15) is 51.5 Å². The summed E-state index contributed by atoms with van der Waals surface area (Å²) in [5, 5.41) is 6.78. The van der Waals surface area contributed by atoms with Crippen LogP contribution >= 0.6 is 24.0 Å². The molecule has 1 heterocycles. The summed E-state index contributed by atoms with van der Waals surface area (Å²) in [6.45, 7) is 9.40. The first-order valence-corrected chi connectivity index (χ1v) is 10.1. The van der Waals surface area contributed by atoms with Crippen LogP contribution in [0.2, 0.25) is 0 Å². The van der Waals surface area contributed by atoms with E-state index in [-0.39, 0.29) is 24.0 Å². The summed E-state index contributed by atoms with van der Waals surface area (Å²) in [6, 6.07) is 8.81. The molecule has 1 atom stereocenters. The van der Waals surface area contributed by atoms with Gasteiger partial charge in [0.1, 0.15) is 5.75 Å². The van der Waals surface area contributed by atoms with Crippen molar-refractivity contribution in [1.82, 2.24) is 15.5 Å². The van der Waals surface area contributed by atoms with Gasteiger partial charge in [-0.1, -0.05) is 24.6 Å². The van der Waals surface area contributed by atoms with Gasteiger partial charge in [0, 0.05) is 24.7 Å².